The van der Waals surface area contributed by atoms with Crippen LogP contribution in [-0.4, -0.2) is 0 Å². The lowest BCUT2D eigenvalue weighted by molar-refractivity contribution is 0.669. The van der Waals surface area contributed by atoms with E-state index in [1.807, 2.05) is 6.07 Å². The van der Waals surface area contributed by atoms with Gasteiger partial charge in [0, 0.05) is 27.4 Å². The quantitative estimate of drug-likeness (QED) is 0.177. The third kappa shape index (κ3) is 4.69. The molecule has 1 aliphatic rings. The SMILES string of the molecule is c1ccc(-c2ccc3cc4c(cc3c2)-c2cc3cc(N(c5cccc6ccccc56)c5c(-c6ccccc6)ccc6c5oc5ccccc56)ccc3cc2-4)cc1. The number of nitrogens with zero attached hydrogens (tertiary/aromatic N) is 1. The van der Waals surface area contributed by atoms with Crippen molar-refractivity contribution in [1.29, 1.82) is 0 Å². The highest BCUT2D eigenvalue weighted by molar-refractivity contribution is 6.16. The van der Waals surface area contributed by atoms with Crippen molar-refractivity contribution in [1.82, 2.24) is 0 Å². The second-order valence-electron chi connectivity index (χ2n) is 14.9. The van der Waals surface area contributed by atoms with Gasteiger partial charge < -0.3 is 9.32 Å². The number of para-hydroxylation sites is 1. The summed E-state index contributed by atoms with van der Waals surface area (Å²) in [6, 6.07) is 72.7. The van der Waals surface area contributed by atoms with E-state index in [0.717, 1.165) is 50.1 Å². The number of hydrogen-bond donors (Lipinski definition) is 0. The smallest absolute Gasteiger partial charge is 0.160 e. The van der Waals surface area contributed by atoms with Crippen LogP contribution in [0, 0.1) is 0 Å². The molecule has 0 spiro atoms. The summed E-state index contributed by atoms with van der Waals surface area (Å²) in [6.07, 6.45) is 0. The standard InChI is InChI=1S/C54H33NO/c1-3-12-34(13-4-1)37-22-23-38-30-47-48-31-39-24-25-42(29-41(39)33-50(48)49(47)32-40(38)28-37)55(51-20-11-17-35-16-7-8-18-43(35)51)53-44(36-14-5-2-6-15-36)26-27-46-45-19-9-10-21-52(45)56-54(46)53/h1-33H. The Morgan fingerprint density at radius 2 is 0.929 bits per heavy atom. The van der Waals surface area contributed by atoms with Gasteiger partial charge in [0.2, 0.25) is 0 Å². The minimum Gasteiger partial charge on any atom is -0.454 e. The lowest BCUT2D eigenvalue weighted by Crippen LogP contribution is -2.12. The first-order chi connectivity index (χ1) is 27.7. The zero-order valence-electron chi connectivity index (χ0n) is 30.4. The van der Waals surface area contributed by atoms with Crippen molar-refractivity contribution in [3.63, 3.8) is 0 Å². The first kappa shape index (κ1) is 31.0. The summed E-state index contributed by atoms with van der Waals surface area (Å²) in [5.41, 5.74) is 14.9. The van der Waals surface area contributed by atoms with E-state index in [1.165, 1.54) is 65.7 Å². The number of fused-ring (bicyclic) bond motifs is 10. The highest BCUT2D eigenvalue weighted by atomic mass is 16.3. The van der Waals surface area contributed by atoms with E-state index >= 15 is 0 Å². The van der Waals surface area contributed by atoms with E-state index in [1.54, 1.807) is 0 Å². The van der Waals surface area contributed by atoms with Crippen LogP contribution in [0.4, 0.5) is 17.1 Å². The second kappa shape index (κ2) is 12.0. The maximum atomic E-state index is 6.88. The Morgan fingerprint density at radius 3 is 1.70 bits per heavy atom. The van der Waals surface area contributed by atoms with Gasteiger partial charge in [0.15, 0.2) is 5.58 Å². The lowest BCUT2D eigenvalue weighted by atomic mass is 9.77. The van der Waals surface area contributed by atoms with Gasteiger partial charge in [-0.25, -0.2) is 0 Å². The fraction of sp³-hybridized carbons (Fsp3) is 0. The van der Waals surface area contributed by atoms with Gasteiger partial charge in [0.25, 0.3) is 0 Å². The molecule has 0 atom stereocenters. The number of rotatable bonds is 5. The first-order valence-electron chi connectivity index (χ1n) is 19.2. The molecule has 0 radical (unpaired) electrons. The molecule has 12 rings (SSSR count). The highest BCUT2D eigenvalue weighted by Gasteiger charge is 2.27. The maximum absolute atomic E-state index is 6.88. The largest absolute Gasteiger partial charge is 0.454 e. The Kier molecular flexibility index (Phi) is 6.66. The number of hydrogen-bond acceptors (Lipinski definition) is 2. The van der Waals surface area contributed by atoms with Crippen LogP contribution in [0.5, 0.6) is 0 Å². The Labute approximate surface area is 324 Å². The van der Waals surface area contributed by atoms with Crippen LogP contribution >= 0.6 is 0 Å². The third-order valence-electron chi connectivity index (χ3n) is 11.7. The molecule has 260 valence electrons. The molecule has 0 unspecified atom stereocenters. The van der Waals surface area contributed by atoms with Crippen molar-refractivity contribution in [3.8, 4) is 44.5 Å². The van der Waals surface area contributed by atoms with Gasteiger partial charge in [-0.2, -0.15) is 0 Å². The fourth-order valence-electron chi connectivity index (χ4n) is 9.00. The molecular formula is C54H33NO. The van der Waals surface area contributed by atoms with Crippen molar-refractivity contribution in [2.24, 2.45) is 0 Å². The summed E-state index contributed by atoms with van der Waals surface area (Å²) < 4.78 is 6.88. The van der Waals surface area contributed by atoms with Crippen LogP contribution in [0.1, 0.15) is 0 Å². The van der Waals surface area contributed by atoms with Gasteiger partial charge >= 0.3 is 0 Å². The molecule has 10 aromatic carbocycles. The number of benzene rings is 10. The van der Waals surface area contributed by atoms with E-state index in [4.69, 9.17) is 4.42 Å². The van der Waals surface area contributed by atoms with Crippen LogP contribution < -0.4 is 4.90 Å². The van der Waals surface area contributed by atoms with Crippen LogP contribution in [0.15, 0.2) is 205 Å². The Morgan fingerprint density at radius 1 is 0.321 bits per heavy atom. The number of anilines is 3. The predicted molar refractivity (Wildman–Crippen MR) is 236 cm³/mol. The van der Waals surface area contributed by atoms with E-state index in [9.17, 15) is 0 Å². The molecule has 2 heteroatoms. The van der Waals surface area contributed by atoms with Crippen molar-refractivity contribution in [2.75, 3.05) is 4.90 Å². The van der Waals surface area contributed by atoms with Crippen LogP contribution in [0.3, 0.4) is 0 Å². The average Bonchev–Trinajstić information content (AvgIpc) is 3.65. The minimum absolute atomic E-state index is 0.869. The molecule has 11 aromatic rings. The Bertz CT molecular complexity index is 3350. The average molecular weight is 712 g/mol. The molecule has 0 N–H and O–H groups in total. The predicted octanol–water partition coefficient (Wildman–Crippen LogP) is 15.5. The molecule has 0 saturated carbocycles. The molecule has 1 aromatic heterocycles. The number of furan rings is 1. The van der Waals surface area contributed by atoms with Gasteiger partial charge in [-0.3, -0.25) is 0 Å². The highest BCUT2D eigenvalue weighted by Crippen LogP contribution is 2.53. The van der Waals surface area contributed by atoms with E-state index in [-0.39, 0.29) is 0 Å². The molecule has 1 aliphatic carbocycles. The summed E-state index contributed by atoms with van der Waals surface area (Å²) >= 11 is 0. The normalized spacial score (nSPS) is 11.9. The summed E-state index contributed by atoms with van der Waals surface area (Å²) in [6.45, 7) is 0. The Balaban J connectivity index is 1.08. The van der Waals surface area contributed by atoms with Crippen molar-refractivity contribution in [3.05, 3.63) is 200 Å². The fourth-order valence-corrected chi connectivity index (χ4v) is 9.00. The molecular weight excluding hydrogens is 679 g/mol. The summed E-state index contributed by atoms with van der Waals surface area (Å²) in [5.74, 6) is 0. The molecule has 0 aliphatic heterocycles. The van der Waals surface area contributed by atoms with E-state index in [2.05, 4.69) is 199 Å². The maximum Gasteiger partial charge on any atom is 0.160 e. The molecule has 0 bridgehead atoms. The molecule has 2 nitrogen and oxygen atoms in total. The van der Waals surface area contributed by atoms with Gasteiger partial charge in [-0.15, -0.1) is 0 Å². The van der Waals surface area contributed by atoms with E-state index in [0.29, 0.717) is 0 Å². The first-order valence-corrected chi connectivity index (χ1v) is 19.2. The van der Waals surface area contributed by atoms with Gasteiger partial charge in [-0.1, -0.05) is 140 Å². The summed E-state index contributed by atoms with van der Waals surface area (Å²) in [4.78, 5) is 2.43. The third-order valence-corrected chi connectivity index (χ3v) is 11.7. The lowest BCUT2D eigenvalue weighted by Gasteiger charge is -2.30. The Hall–Kier alpha value is -7.42. The zero-order valence-corrected chi connectivity index (χ0v) is 30.4. The minimum atomic E-state index is 0.869. The van der Waals surface area contributed by atoms with Crippen LogP contribution in [0.25, 0.3) is 98.8 Å². The van der Waals surface area contributed by atoms with Gasteiger partial charge in [-0.05, 0) is 127 Å². The van der Waals surface area contributed by atoms with Crippen molar-refractivity contribution in [2.45, 2.75) is 0 Å². The molecule has 0 saturated heterocycles. The molecule has 0 amide bonds. The van der Waals surface area contributed by atoms with Crippen molar-refractivity contribution < 1.29 is 4.42 Å². The topological polar surface area (TPSA) is 16.4 Å². The van der Waals surface area contributed by atoms with Crippen LogP contribution in [-0.2, 0) is 0 Å². The van der Waals surface area contributed by atoms with E-state index < -0.39 is 0 Å². The second-order valence-corrected chi connectivity index (χ2v) is 14.9. The van der Waals surface area contributed by atoms with Gasteiger partial charge in [0.1, 0.15) is 5.58 Å². The molecule has 0 fully saturated rings. The van der Waals surface area contributed by atoms with Crippen molar-refractivity contribution >= 4 is 71.3 Å². The summed E-state index contributed by atoms with van der Waals surface area (Å²) in [5, 5.41) is 9.53. The zero-order chi connectivity index (χ0) is 36.7. The molecule has 56 heavy (non-hydrogen) atoms. The van der Waals surface area contributed by atoms with Crippen LogP contribution in [0.2, 0.25) is 0 Å². The van der Waals surface area contributed by atoms with Gasteiger partial charge in [0.05, 0.1) is 11.4 Å². The molecule has 1 heterocycles. The monoisotopic (exact) mass is 711 g/mol. The summed E-state index contributed by atoms with van der Waals surface area (Å²) in [7, 11) is 0.